The van der Waals surface area contributed by atoms with Gasteiger partial charge in [-0.1, -0.05) is 80.6 Å². The van der Waals surface area contributed by atoms with E-state index in [1.807, 2.05) is 54.6 Å². The zero-order valence-corrected chi connectivity index (χ0v) is 37.9. The van der Waals surface area contributed by atoms with Crippen molar-refractivity contribution in [2.75, 3.05) is 19.6 Å². The molecule has 2 saturated heterocycles. The number of unbranched alkanes of at least 4 members (excludes halogenated alkanes) is 1. The highest BCUT2D eigenvalue weighted by molar-refractivity contribution is 5.98. The molecule has 11 N–H and O–H groups in total. The molecule has 0 bridgehead atoms. The molecule has 356 valence electrons. The molecule has 1 aromatic heterocycles. The largest absolute Gasteiger partial charge is 0.370 e. The van der Waals surface area contributed by atoms with Gasteiger partial charge in [-0.3, -0.25) is 38.6 Å². The molecule has 0 spiro atoms. The summed E-state index contributed by atoms with van der Waals surface area (Å²) in [4.78, 5) is 107. The number of para-hydroxylation sites is 1. The van der Waals surface area contributed by atoms with E-state index in [-0.39, 0.29) is 57.1 Å². The van der Waals surface area contributed by atoms with Crippen LogP contribution in [0.5, 0.6) is 0 Å². The van der Waals surface area contributed by atoms with Crippen molar-refractivity contribution in [2.45, 2.75) is 139 Å². The van der Waals surface area contributed by atoms with Crippen LogP contribution in [0.3, 0.4) is 0 Å². The fraction of sp³-hybridized carbons (Fsp3) is 0.542. The van der Waals surface area contributed by atoms with Crippen LogP contribution in [-0.4, -0.2) is 113 Å². The Morgan fingerprint density at radius 2 is 1.50 bits per heavy atom. The van der Waals surface area contributed by atoms with Crippen molar-refractivity contribution in [3.63, 3.8) is 0 Å². The van der Waals surface area contributed by atoms with Gasteiger partial charge < -0.3 is 53.3 Å². The van der Waals surface area contributed by atoms with Gasteiger partial charge in [-0.15, -0.1) is 0 Å². The monoisotopic (exact) mass is 910 g/mol. The van der Waals surface area contributed by atoms with Crippen LogP contribution in [0.1, 0.15) is 102 Å². The number of aromatic amines is 1. The Bertz CT molecular complexity index is 2190. The van der Waals surface area contributed by atoms with Gasteiger partial charge in [-0.2, -0.15) is 0 Å². The molecule has 3 fully saturated rings. The summed E-state index contributed by atoms with van der Waals surface area (Å²) in [5.74, 6) is -3.45. The van der Waals surface area contributed by atoms with Crippen LogP contribution in [0.4, 0.5) is 0 Å². The predicted molar refractivity (Wildman–Crippen MR) is 250 cm³/mol. The van der Waals surface area contributed by atoms with Crippen LogP contribution in [0, 0.1) is 5.92 Å². The smallest absolute Gasteiger partial charge is 0.245 e. The van der Waals surface area contributed by atoms with Crippen LogP contribution < -0.4 is 43.4 Å². The van der Waals surface area contributed by atoms with E-state index in [0.29, 0.717) is 38.6 Å². The SMILES string of the molecule is CC(=O)N[C@@H](Cc1ccccc1)C(=O)N[C@H]1CCCNC(=O)C(CCCCN=C(N)N)NC(=O)C(Cc2c[nH]c3ccccc23)NC(=O)[C@@H](CC2CCCCC2)NC(=O)C2CCCN2C1=O. The lowest BCUT2D eigenvalue weighted by molar-refractivity contribution is -0.142. The van der Waals surface area contributed by atoms with Crippen LogP contribution in [0.2, 0.25) is 0 Å². The second-order valence-electron chi connectivity index (χ2n) is 17.9. The number of aromatic nitrogens is 1. The molecule has 3 aliphatic rings. The molecule has 1 saturated carbocycles. The van der Waals surface area contributed by atoms with Crippen LogP contribution >= 0.6 is 0 Å². The first-order valence-corrected chi connectivity index (χ1v) is 23.6. The van der Waals surface area contributed by atoms with Crippen molar-refractivity contribution in [3.8, 4) is 0 Å². The maximum Gasteiger partial charge on any atom is 0.245 e. The third kappa shape index (κ3) is 14.0. The zero-order chi connectivity index (χ0) is 47.0. The Morgan fingerprint density at radius 1 is 0.788 bits per heavy atom. The van der Waals surface area contributed by atoms with E-state index >= 15 is 0 Å². The first kappa shape index (κ1) is 49.0. The normalized spacial score (nSPS) is 23.3. The van der Waals surface area contributed by atoms with E-state index in [0.717, 1.165) is 54.1 Å². The fourth-order valence-corrected chi connectivity index (χ4v) is 9.45. The molecule has 6 rings (SSSR count). The molecule has 6 atom stereocenters. The van der Waals surface area contributed by atoms with Gasteiger partial charge in [0.1, 0.15) is 36.3 Å². The molecule has 18 heteroatoms. The molecule has 1 aliphatic carbocycles. The third-order valence-corrected chi connectivity index (χ3v) is 12.9. The molecule has 2 aromatic carbocycles. The first-order chi connectivity index (χ1) is 31.9. The Morgan fingerprint density at radius 3 is 2.26 bits per heavy atom. The standard InChI is InChI=1S/C48H67N11O7/c1-30(60)54-38(26-31-14-4-2-5-15-31)43(62)56-37-21-12-24-51-42(61)36(20-10-11-23-52-48(49)50)55-45(64)40(28-33-29-53-35-19-9-8-18-34(33)35)57-44(63)39(27-32-16-6-3-7-17-32)58-46(65)41-22-13-25-59(41)47(37)66/h2,4-5,8-9,14-15,18-19,29,32,36-41,53H,3,6-7,10-13,16-17,20-28H2,1H3,(H,51,61)(H,54,60)(H,55,64)(H,56,62)(H,57,63)(H,58,65)(H4,49,50,52)/t36?,37-,38-,39+,40?,41?/m0/s1. The average Bonchev–Trinajstić information content (AvgIpc) is 3.96. The Kier molecular flexibility index (Phi) is 17.9. The van der Waals surface area contributed by atoms with Crippen molar-refractivity contribution < 1.29 is 33.6 Å². The van der Waals surface area contributed by atoms with Crippen LogP contribution in [0.15, 0.2) is 65.8 Å². The summed E-state index contributed by atoms with van der Waals surface area (Å²) in [5.41, 5.74) is 13.5. The Labute approximate surface area is 386 Å². The Balaban J connectivity index is 1.31. The number of hydrogen-bond acceptors (Lipinski definition) is 8. The summed E-state index contributed by atoms with van der Waals surface area (Å²) in [6.07, 6.45) is 9.68. The number of aliphatic imine (C=N–C) groups is 1. The van der Waals surface area contributed by atoms with Gasteiger partial charge >= 0.3 is 0 Å². The summed E-state index contributed by atoms with van der Waals surface area (Å²) >= 11 is 0. The highest BCUT2D eigenvalue weighted by Crippen LogP contribution is 2.28. The van der Waals surface area contributed by atoms with E-state index in [9.17, 15) is 33.6 Å². The summed E-state index contributed by atoms with van der Waals surface area (Å²) in [5, 5.41) is 18.3. The quantitative estimate of drug-likeness (QED) is 0.0646. The number of benzene rings is 2. The number of amides is 7. The summed E-state index contributed by atoms with van der Waals surface area (Å²) in [6.45, 7) is 1.97. The van der Waals surface area contributed by atoms with E-state index in [1.165, 1.54) is 11.8 Å². The maximum atomic E-state index is 14.6. The van der Waals surface area contributed by atoms with Crippen molar-refractivity contribution in [1.82, 2.24) is 41.8 Å². The lowest BCUT2D eigenvalue weighted by atomic mass is 9.84. The molecule has 18 nitrogen and oxygen atoms in total. The van der Waals surface area contributed by atoms with Gasteiger partial charge in [0.05, 0.1) is 0 Å². The van der Waals surface area contributed by atoms with E-state index in [2.05, 4.69) is 41.9 Å². The predicted octanol–water partition coefficient (Wildman–Crippen LogP) is 1.71. The molecule has 66 heavy (non-hydrogen) atoms. The molecule has 3 unspecified atom stereocenters. The van der Waals surface area contributed by atoms with Crippen LogP contribution in [-0.2, 0) is 46.4 Å². The minimum absolute atomic E-state index is 0.0545. The number of nitrogens with one attached hydrogen (secondary N) is 7. The van der Waals surface area contributed by atoms with E-state index in [1.54, 1.807) is 6.20 Å². The van der Waals surface area contributed by atoms with Crippen molar-refractivity contribution >= 4 is 58.2 Å². The fourth-order valence-electron chi connectivity index (χ4n) is 9.45. The van der Waals surface area contributed by atoms with Gasteiger partial charge in [0, 0.05) is 56.5 Å². The molecule has 7 amide bonds. The maximum absolute atomic E-state index is 14.6. The second kappa shape index (κ2) is 24.2. The number of guanidine groups is 1. The van der Waals surface area contributed by atoms with Crippen molar-refractivity contribution in [2.24, 2.45) is 22.4 Å². The number of rotatable bonds is 14. The zero-order valence-electron chi connectivity index (χ0n) is 37.9. The number of H-pyrrole nitrogens is 1. The minimum atomic E-state index is -1.13. The van der Waals surface area contributed by atoms with Crippen LogP contribution in [0.25, 0.3) is 10.9 Å². The topological polar surface area (TPSA) is 275 Å². The van der Waals surface area contributed by atoms with E-state index in [4.69, 9.17) is 11.5 Å². The summed E-state index contributed by atoms with van der Waals surface area (Å²) in [6, 6.07) is 10.6. The second-order valence-corrected chi connectivity index (χ2v) is 17.9. The molecule has 0 radical (unpaired) electrons. The molecule has 3 aromatic rings. The highest BCUT2D eigenvalue weighted by atomic mass is 16.2. The van der Waals surface area contributed by atoms with Crippen molar-refractivity contribution in [1.29, 1.82) is 0 Å². The average molecular weight is 910 g/mol. The first-order valence-electron chi connectivity index (χ1n) is 23.6. The summed E-state index contributed by atoms with van der Waals surface area (Å²) in [7, 11) is 0. The van der Waals surface area contributed by atoms with Gasteiger partial charge in [-0.25, -0.2) is 0 Å². The number of carbonyl (C=O) groups excluding carboxylic acids is 7. The number of nitrogens with two attached hydrogens (primary N) is 2. The molecule has 3 heterocycles. The molecular weight excluding hydrogens is 843 g/mol. The number of nitrogens with zero attached hydrogens (tertiary/aromatic N) is 2. The summed E-state index contributed by atoms with van der Waals surface area (Å²) < 4.78 is 0. The van der Waals surface area contributed by atoms with Gasteiger partial charge in [0.2, 0.25) is 41.4 Å². The van der Waals surface area contributed by atoms with Crippen molar-refractivity contribution in [3.05, 3.63) is 71.9 Å². The van der Waals surface area contributed by atoms with E-state index < -0.39 is 77.6 Å². The lowest BCUT2D eigenvalue weighted by Crippen LogP contribution is -2.60. The lowest BCUT2D eigenvalue weighted by Gasteiger charge is -2.32. The number of fused-ring (bicyclic) bond motifs is 2. The highest BCUT2D eigenvalue weighted by Gasteiger charge is 2.40. The number of hydrogen-bond donors (Lipinski definition) is 9. The van der Waals surface area contributed by atoms with Gasteiger partial charge in [0.15, 0.2) is 5.96 Å². The van der Waals surface area contributed by atoms with Gasteiger partial charge in [0.25, 0.3) is 0 Å². The minimum Gasteiger partial charge on any atom is -0.370 e. The molecular formula is C48H67N11O7. The Hall–Kier alpha value is -6.46. The van der Waals surface area contributed by atoms with Gasteiger partial charge in [-0.05, 0) is 74.5 Å². The third-order valence-electron chi connectivity index (χ3n) is 12.9. The number of carbonyl (C=O) groups is 7. The molecule has 2 aliphatic heterocycles.